The van der Waals surface area contributed by atoms with Crippen LogP contribution in [0.1, 0.15) is 6.92 Å². The van der Waals surface area contributed by atoms with Crippen molar-refractivity contribution in [1.29, 1.82) is 0 Å². The van der Waals surface area contributed by atoms with Gasteiger partial charge in [0.05, 0.1) is 16.8 Å². The molecule has 0 aromatic rings. The van der Waals surface area contributed by atoms with Gasteiger partial charge in [0.15, 0.2) is 0 Å². The minimum absolute atomic E-state index is 0.155. The van der Waals surface area contributed by atoms with Crippen molar-refractivity contribution >= 4 is 43.7 Å². The third-order valence-corrected chi connectivity index (χ3v) is 2.02. The van der Waals surface area contributed by atoms with Gasteiger partial charge in [-0.2, -0.15) is 0 Å². The van der Waals surface area contributed by atoms with E-state index in [1.807, 2.05) is 0 Å². The molecule has 4 nitrogen and oxygen atoms in total. The largest absolute Gasteiger partial charge is 0.336 e. The van der Waals surface area contributed by atoms with Crippen LogP contribution in [0.4, 0.5) is 0 Å². The Labute approximate surface area is 87.7 Å². The van der Waals surface area contributed by atoms with Gasteiger partial charge < -0.3 is 10.6 Å². The van der Waals surface area contributed by atoms with Gasteiger partial charge in [-0.15, -0.1) is 0 Å². The van der Waals surface area contributed by atoms with Gasteiger partial charge >= 0.3 is 0 Å². The number of hydrogen-bond acceptors (Lipinski definition) is 2. The third-order valence-electron chi connectivity index (χ3n) is 0.998. The molecule has 0 unspecified atom stereocenters. The summed E-state index contributed by atoms with van der Waals surface area (Å²) in [6.45, 7) is 1.70. The Bertz CT molecular complexity index is 157. The Morgan fingerprint density at radius 2 is 1.50 bits per heavy atom. The summed E-state index contributed by atoms with van der Waals surface area (Å²) in [5, 5.41) is 5.59. The minimum Gasteiger partial charge on any atom is -0.336 e. The van der Waals surface area contributed by atoms with Gasteiger partial charge in [-0.3, -0.25) is 9.59 Å². The predicted molar refractivity (Wildman–Crippen MR) is 53.3 cm³/mol. The first-order chi connectivity index (χ1) is 5.60. The maximum atomic E-state index is 10.8. The van der Waals surface area contributed by atoms with Crippen LogP contribution < -0.4 is 10.6 Å². The van der Waals surface area contributed by atoms with E-state index < -0.39 is 0 Å². The van der Waals surface area contributed by atoms with Gasteiger partial charge in [0.25, 0.3) is 0 Å². The first-order valence-corrected chi connectivity index (χ1v) is 5.55. The van der Waals surface area contributed by atoms with Crippen LogP contribution in [0.15, 0.2) is 0 Å². The quantitative estimate of drug-likeness (QED) is 0.582. The van der Waals surface area contributed by atoms with E-state index in [9.17, 15) is 9.59 Å². The molecule has 0 saturated heterocycles. The number of rotatable bonds is 4. The lowest BCUT2D eigenvalue weighted by Gasteiger charge is -2.13. The molecule has 0 saturated carbocycles. The molecule has 2 N–H and O–H groups in total. The van der Waals surface area contributed by atoms with Crippen molar-refractivity contribution in [3.8, 4) is 0 Å². The summed E-state index contributed by atoms with van der Waals surface area (Å²) < 4.78 is 0. The van der Waals surface area contributed by atoms with E-state index in [-0.39, 0.29) is 28.6 Å². The van der Waals surface area contributed by atoms with Gasteiger partial charge in [0.2, 0.25) is 11.8 Å². The molecule has 6 heteroatoms. The van der Waals surface area contributed by atoms with Gasteiger partial charge in [0, 0.05) is 0 Å². The number of hydrogen-bond donors (Lipinski definition) is 2. The van der Waals surface area contributed by atoms with Crippen molar-refractivity contribution < 1.29 is 9.59 Å². The fourth-order valence-electron chi connectivity index (χ4n) is 0.596. The number of halogens is 2. The highest BCUT2D eigenvalue weighted by Crippen LogP contribution is 1.84. The number of carbonyl (C=O) groups is 2. The first kappa shape index (κ1) is 11.9. The first-order valence-electron chi connectivity index (χ1n) is 3.30. The zero-order valence-corrected chi connectivity index (χ0v) is 9.74. The summed E-state index contributed by atoms with van der Waals surface area (Å²) in [6.07, 6.45) is -0.333. The van der Waals surface area contributed by atoms with Crippen molar-refractivity contribution in [3.05, 3.63) is 0 Å². The summed E-state index contributed by atoms with van der Waals surface area (Å²) >= 11 is 5.99. The molecule has 0 aliphatic carbocycles. The van der Waals surface area contributed by atoms with Crippen molar-refractivity contribution in [1.82, 2.24) is 10.6 Å². The van der Waals surface area contributed by atoms with Crippen LogP contribution in [-0.4, -0.2) is 28.6 Å². The lowest BCUT2D eigenvalue weighted by molar-refractivity contribution is -0.121. The molecular formula is C6H10Br2N2O2. The minimum atomic E-state index is -0.333. The summed E-state index contributed by atoms with van der Waals surface area (Å²) in [7, 11) is 0. The van der Waals surface area contributed by atoms with Crippen molar-refractivity contribution in [3.63, 3.8) is 0 Å². The standard InChI is InChI=1S/C6H10Br2N2O2/c1-4(9-5(11)2-7)10-6(12)3-8/h4H,2-3H2,1H3,(H,9,11)(H,10,12). The number of nitrogens with one attached hydrogen (secondary N) is 2. The molecule has 0 heterocycles. The fourth-order valence-corrected chi connectivity index (χ4v) is 0.920. The van der Waals surface area contributed by atoms with Crippen molar-refractivity contribution in [2.45, 2.75) is 13.1 Å². The van der Waals surface area contributed by atoms with Gasteiger partial charge in [-0.1, -0.05) is 31.9 Å². The van der Waals surface area contributed by atoms with E-state index in [1.54, 1.807) is 6.92 Å². The molecule has 12 heavy (non-hydrogen) atoms. The second-order valence-electron chi connectivity index (χ2n) is 2.12. The normalized spacial score (nSPS) is 9.67. The molecule has 0 fully saturated rings. The van der Waals surface area contributed by atoms with Crippen molar-refractivity contribution in [2.75, 3.05) is 10.7 Å². The molecule has 0 aliphatic rings. The Morgan fingerprint density at radius 3 is 1.75 bits per heavy atom. The molecule has 70 valence electrons. The van der Waals surface area contributed by atoms with E-state index in [0.29, 0.717) is 0 Å². The summed E-state index contributed by atoms with van der Waals surface area (Å²) in [4.78, 5) is 21.5. The van der Waals surface area contributed by atoms with Crippen LogP contribution in [0.5, 0.6) is 0 Å². The van der Waals surface area contributed by atoms with E-state index in [0.717, 1.165) is 0 Å². The Balaban J connectivity index is 3.66. The monoisotopic (exact) mass is 300 g/mol. The fraction of sp³-hybridized carbons (Fsp3) is 0.667. The van der Waals surface area contributed by atoms with Crippen LogP contribution in [0.25, 0.3) is 0 Å². The maximum absolute atomic E-state index is 10.8. The molecule has 0 aromatic carbocycles. The van der Waals surface area contributed by atoms with Crippen LogP contribution in [0.3, 0.4) is 0 Å². The highest BCUT2D eigenvalue weighted by atomic mass is 79.9. The average Bonchev–Trinajstić information content (AvgIpc) is 2.03. The number of amides is 2. The molecule has 2 amide bonds. The number of alkyl halides is 2. The summed E-state index contributed by atoms with van der Waals surface area (Å²) in [5.41, 5.74) is 0. The Hall–Kier alpha value is -0.100. The van der Waals surface area contributed by atoms with E-state index in [2.05, 4.69) is 42.5 Å². The second-order valence-corrected chi connectivity index (χ2v) is 3.25. The molecule has 0 aromatic heterocycles. The molecule has 0 rings (SSSR count). The molecule has 0 bridgehead atoms. The van der Waals surface area contributed by atoms with E-state index in [1.165, 1.54) is 0 Å². The van der Waals surface area contributed by atoms with E-state index in [4.69, 9.17) is 0 Å². The summed E-state index contributed by atoms with van der Waals surface area (Å²) in [6, 6.07) is 0. The maximum Gasteiger partial charge on any atom is 0.232 e. The van der Waals surface area contributed by atoms with Crippen molar-refractivity contribution in [2.24, 2.45) is 0 Å². The SMILES string of the molecule is CC(NC(=O)CBr)NC(=O)CBr. The highest BCUT2D eigenvalue weighted by molar-refractivity contribution is 9.09. The smallest absolute Gasteiger partial charge is 0.232 e. The average molecular weight is 302 g/mol. The lowest BCUT2D eigenvalue weighted by atomic mass is 10.5. The molecule has 0 radical (unpaired) electrons. The zero-order chi connectivity index (χ0) is 9.56. The van der Waals surface area contributed by atoms with Crippen LogP contribution >= 0.6 is 31.9 Å². The lowest BCUT2D eigenvalue weighted by Crippen LogP contribution is -2.46. The second kappa shape index (κ2) is 6.42. The Kier molecular flexibility index (Phi) is 6.37. The topological polar surface area (TPSA) is 58.2 Å². The van der Waals surface area contributed by atoms with Gasteiger partial charge in [-0.25, -0.2) is 0 Å². The van der Waals surface area contributed by atoms with Gasteiger partial charge in [-0.05, 0) is 6.92 Å². The predicted octanol–water partition coefficient (Wildman–Crippen LogP) is 0.355. The van der Waals surface area contributed by atoms with Crippen LogP contribution in [0.2, 0.25) is 0 Å². The zero-order valence-electron chi connectivity index (χ0n) is 6.56. The molecular weight excluding hydrogens is 292 g/mol. The van der Waals surface area contributed by atoms with Crippen LogP contribution in [-0.2, 0) is 9.59 Å². The van der Waals surface area contributed by atoms with E-state index >= 15 is 0 Å². The Morgan fingerprint density at radius 1 is 1.17 bits per heavy atom. The number of carbonyl (C=O) groups excluding carboxylic acids is 2. The summed E-state index contributed by atoms with van der Waals surface area (Å²) in [5.74, 6) is -0.310. The highest BCUT2D eigenvalue weighted by Gasteiger charge is 2.07. The molecule has 0 aliphatic heterocycles. The third kappa shape index (κ3) is 5.54. The van der Waals surface area contributed by atoms with Crippen LogP contribution in [0, 0.1) is 0 Å². The van der Waals surface area contributed by atoms with Gasteiger partial charge in [0.1, 0.15) is 0 Å². The molecule has 0 atom stereocenters. The molecule has 0 spiro atoms.